The topological polar surface area (TPSA) is 63.8 Å². The molecule has 0 aromatic carbocycles. The number of hydrogen-bond donors (Lipinski definition) is 1. The van der Waals surface area contributed by atoms with E-state index in [-0.39, 0.29) is 0 Å². The van der Waals surface area contributed by atoms with Gasteiger partial charge in [0.1, 0.15) is 18.2 Å². The number of fused-ring (bicyclic) bond motifs is 1. The fourth-order valence-electron chi connectivity index (χ4n) is 0.755. The van der Waals surface area contributed by atoms with Gasteiger partial charge in [0.25, 0.3) is 0 Å². The van der Waals surface area contributed by atoms with Crippen LogP contribution in [-0.4, -0.2) is 24.9 Å². The fourth-order valence-corrected chi connectivity index (χ4v) is 0.755. The van der Waals surface area contributed by atoms with Gasteiger partial charge < -0.3 is 5.21 Å². The molecule has 2 rings (SSSR count). The van der Waals surface area contributed by atoms with Crippen molar-refractivity contribution in [2.45, 2.75) is 0 Å². The summed E-state index contributed by atoms with van der Waals surface area (Å²) in [6, 6.07) is 0. The van der Waals surface area contributed by atoms with E-state index < -0.39 is 0 Å². The third kappa shape index (κ3) is 0.540. The first-order valence-electron chi connectivity index (χ1n) is 2.70. The molecule has 0 aliphatic heterocycles. The SMILES string of the molecule is On1cnc2cncnc21. The Morgan fingerprint density at radius 3 is 3.10 bits per heavy atom. The quantitative estimate of drug-likeness (QED) is 0.520. The van der Waals surface area contributed by atoms with E-state index in [1.165, 1.54) is 18.9 Å². The molecule has 0 radical (unpaired) electrons. The largest absolute Gasteiger partial charge is 0.425 e. The van der Waals surface area contributed by atoms with Crippen molar-refractivity contribution in [3.05, 3.63) is 18.9 Å². The average Bonchev–Trinajstić information content (AvgIpc) is 2.34. The van der Waals surface area contributed by atoms with Crippen molar-refractivity contribution in [3.8, 4) is 0 Å². The maximum absolute atomic E-state index is 8.98. The smallest absolute Gasteiger partial charge is 0.198 e. The van der Waals surface area contributed by atoms with Gasteiger partial charge in [0.05, 0.1) is 6.20 Å². The van der Waals surface area contributed by atoms with Crippen LogP contribution in [0.3, 0.4) is 0 Å². The summed E-state index contributed by atoms with van der Waals surface area (Å²) in [4.78, 5) is 11.3. The molecule has 1 N–H and O–H groups in total. The summed E-state index contributed by atoms with van der Waals surface area (Å²) in [6.45, 7) is 0. The maximum atomic E-state index is 8.98. The summed E-state index contributed by atoms with van der Waals surface area (Å²) in [6.07, 6.45) is 4.17. The molecule has 5 heteroatoms. The number of rotatable bonds is 0. The average molecular weight is 136 g/mol. The molecule has 0 unspecified atom stereocenters. The second kappa shape index (κ2) is 1.66. The molecule has 0 saturated carbocycles. The van der Waals surface area contributed by atoms with E-state index in [2.05, 4.69) is 15.0 Å². The monoisotopic (exact) mass is 136 g/mol. The lowest BCUT2D eigenvalue weighted by molar-refractivity contribution is 0.196. The number of nitrogens with zero attached hydrogens (tertiary/aromatic N) is 4. The van der Waals surface area contributed by atoms with Gasteiger partial charge in [-0.3, -0.25) is 0 Å². The number of hydrogen-bond acceptors (Lipinski definition) is 4. The van der Waals surface area contributed by atoms with Crippen molar-refractivity contribution < 1.29 is 5.21 Å². The Bertz CT molecular complexity index is 355. The van der Waals surface area contributed by atoms with Crippen LogP contribution in [0.4, 0.5) is 0 Å². The van der Waals surface area contributed by atoms with Crippen molar-refractivity contribution in [2.24, 2.45) is 0 Å². The van der Waals surface area contributed by atoms with Crippen molar-refractivity contribution in [2.75, 3.05) is 0 Å². The van der Waals surface area contributed by atoms with Gasteiger partial charge >= 0.3 is 0 Å². The van der Waals surface area contributed by atoms with Gasteiger partial charge in [0.15, 0.2) is 5.65 Å². The van der Waals surface area contributed by atoms with Gasteiger partial charge in [-0.05, 0) is 0 Å². The third-order valence-corrected chi connectivity index (χ3v) is 1.20. The molecule has 0 bridgehead atoms. The molecule has 0 saturated heterocycles. The van der Waals surface area contributed by atoms with Crippen LogP contribution in [0, 0.1) is 0 Å². The number of imidazole rings is 1. The molecule has 2 heterocycles. The predicted octanol–water partition coefficient (Wildman–Crippen LogP) is 0.0636. The zero-order valence-corrected chi connectivity index (χ0v) is 4.97. The van der Waals surface area contributed by atoms with Crippen LogP contribution in [0.5, 0.6) is 0 Å². The minimum absolute atomic E-state index is 0.426. The van der Waals surface area contributed by atoms with Crippen LogP contribution >= 0.6 is 0 Å². The lowest BCUT2D eigenvalue weighted by atomic mass is 10.6. The second-order valence-corrected chi connectivity index (χ2v) is 1.82. The summed E-state index contributed by atoms with van der Waals surface area (Å²) in [5.74, 6) is 0. The molecule has 0 aliphatic carbocycles. The Labute approximate surface area is 55.9 Å². The zero-order chi connectivity index (χ0) is 6.97. The minimum atomic E-state index is 0.426. The van der Waals surface area contributed by atoms with E-state index in [9.17, 15) is 0 Å². The molecule has 0 atom stereocenters. The Morgan fingerprint density at radius 2 is 2.30 bits per heavy atom. The highest BCUT2D eigenvalue weighted by Gasteiger charge is 1.98. The van der Waals surface area contributed by atoms with Crippen molar-refractivity contribution in [3.63, 3.8) is 0 Å². The maximum Gasteiger partial charge on any atom is 0.198 e. The third-order valence-electron chi connectivity index (χ3n) is 1.20. The van der Waals surface area contributed by atoms with Crippen molar-refractivity contribution in [1.82, 2.24) is 19.7 Å². The summed E-state index contributed by atoms with van der Waals surface area (Å²) >= 11 is 0. The molecule has 2 aromatic rings. The predicted molar refractivity (Wildman–Crippen MR) is 32.5 cm³/mol. The standard InChI is InChI=1S/C5H4N4O/c10-9-3-8-4-1-6-2-7-5(4)9/h1-3,10H. The van der Waals surface area contributed by atoms with Crippen LogP contribution in [0.1, 0.15) is 0 Å². The normalized spacial score (nSPS) is 10.4. The minimum Gasteiger partial charge on any atom is -0.425 e. The fraction of sp³-hybridized carbons (Fsp3) is 0. The Hall–Kier alpha value is -1.65. The Kier molecular flexibility index (Phi) is 0.858. The van der Waals surface area contributed by atoms with E-state index in [0.717, 1.165) is 4.73 Å². The van der Waals surface area contributed by atoms with Gasteiger partial charge in [-0.15, -0.1) is 0 Å². The molecule has 50 valence electrons. The highest BCUT2D eigenvalue weighted by atomic mass is 16.5. The number of aromatic nitrogens is 4. The van der Waals surface area contributed by atoms with E-state index in [1.54, 1.807) is 0 Å². The molecule has 10 heavy (non-hydrogen) atoms. The molecule has 2 aromatic heterocycles. The van der Waals surface area contributed by atoms with Crippen LogP contribution in [0.25, 0.3) is 11.2 Å². The van der Waals surface area contributed by atoms with Crippen LogP contribution in [0.2, 0.25) is 0 Å². The molecule has 0 spiro atoms. The lowest BCUT2D eigenvalue weighted by Gasteiger charge is -1.87. The van der Waals surface area contributed by atoms with Gasteiger partial charge in [-0.1, -0.05) is 0 Å². The van der Waals surface area contributed by atoms with Crippen LogP contribution in [-0.2, 0) is 0 Å². The van der Waals surface area contributed by atoms with E-state index in [4.69, 9.17) is 5.21 Å². The van der Waals surface area contributed by atoms with Crippen molar-refractivity contribution in [1.29, 1.82) is 0 Å². The zero-order valence-electron chi connectivity index (χ0n) is 4.97. The summed E-state index contributed by atoms with van der Waals surface area (Å²) in [7, 11) is 0. The first-order chi connectivity index (χ1) is 4.88. The highest BCUT2D eigenvalue weighted by molar-refractivity contribution is 5.68. The summed E-state index contributed by atoms with van der Waals surface area (Å²) < 4.78 is 0.858. The lowest BCUT2D eigenvalue weighted by Crippen LogP contribution is -1.88. The Morgan fingerprint density at radius 1 is 1.40 bits per heavy atom. The summed E-state index contributed by atoms with van der Waals surface area (Å²) in [5.41, 5.74) is 1.01. The van der Waals surface area contributed by atoms with Crippen LogP contribution in [0.15, 0.2) is 18.9 Å². The Balaban J connectivity index is 2.93. The van der Waals surface area contributed by atoms with Gasteiger partial charge in [-0.25, -0.2) is 15.0 Å². The molecule has 0 amide bonds. The first kappa shape index (κ1) is 5.16. The summed E-state index contributed by atoms with van der Waals surface area (Å²) in [5, 5.41) is 8.98. The van der Waals surface area contributed by atoms with E-state index in [0.29, 0.717) is 11.2 Å². The molecule has 0 fully saturated rings. The molecule has 5 nitrogen and oxygen atoms in total. The molecular formula is C5H4N4O. The first-order valence-corrected chi connectivity index (χ1v) is 2.70. The van der Waals surface area contributed by atoms with Gasteiger partial charge in [-0.2, -0.15) is 4.73 Å². The highest BCUT2D eigenvalue weighted by Crippen LogP contribution is 2.03. The van der Waals surface area contributed by atoms with Gasteiger partial charge in [0.2, 0.25) is 0 Å². The molecule has 0 aliphatic rings. The molecular weight excluding hydrogens is 132 g/mol. The van der Waals surface area contributed by atoms with Gasteiger partial charge in [0, 0.05) is 0 Å². The van der Waals surface area contributed by atoms with E-state index >= 15 is 0 Å². The van der Waals surface area contributed by atoms with E-state index in [1.807, 2.05) is 0 Å². The van der Waals surface area contributed by atoms with Crippen LogP contribution < -0.4 is 0 Å². The second-order valence-electron chi connectivity index (χ2n) is 1.82. The van der Waals surface area contributed by atoms with Crippen molar-refractivity contribution >= 4 is 11.2 Å².